The van der Waals surface area contributed by atoms with Gasteiger partial charge in [-0.3, -0.25) is 9.69 Å². The maximum atomic E-state index is 11.4. The number of amides is 1. The summed E-state index contributed by atoms with van der Waals surface area (Å²) in [6, 6.07) is 0.654. The predicted molar refractivity (Wildman–Crippen MR) is 61.9 cm³/mol. The van der Waals surface area contributed by atoms with Crippen molar-refractivity contribution in [1.29, 1.82) is 0 Å². The molecule has 1 amide bonds. The van der Waals surface area contributed by atoms with Gasteiger partial charge in [0.15, 0.2) is 0 Å². The molecule has 0 unspecified atom stereocenters. The fourth-order valence-electron chi connectivity index (χ4n) is 2.12. The van der Waals surface area contributed by atoms with E-state index in [-0.39, 0.29) is 12.1 Å². The molecule has 2 saturated heterocycles. The molecular weight excluding hydrogens is 224 g/mol. The molecule has 1 atom stereocenters. The molecule has 0 spiro atoms. The van der Waals surface area contributed by atoms with Gasteiger partial charge in [-0.1, -0.05) is 0 Å². The number of aliphatic carboxylic acids is 1. The van der Waals surface area contributed by atoms with Gasteiger partial charge in [0.05, 0.1) is 6.04 Å². The van der Waals surface area contributed by atoms with E-state index in [1.165, 1.54) is 0 Å². The van der Waals surface area contributed by atoms with Gasteiger partial charge in [0, 0.05) is 13.0 Å². The lowest BCUT2D eigenvalue weighted by Gasteiger charge is -2.32. The number of carboxylic acid groups (broad SMARTS) is 1. The fourth-order valence-corrected chi connectivity index (χ4v) is 2.12. The SMILES string of the molecule is CC(=O)O.C[C@@H]1COC(=O)N1C1CCNCC1. The zero-order valence-corrected chi connectivity index (χ0v) is 10.3. The van der Waals surface area contributed by atoms with Crippen molar-refractivity contribution in [3.8, 4) is 0 Å². The number of carbonyl (C=O) groups excluding carboxylic acids is 1. The van der Waals surface area contributed by atoms with Crippen molar-refractivity contribution in [3.05, 3.63) is 0 Å². The summed E-state index contributed by atoms with van der Waals surface area (Å²) in [6.07, 6.45) is 1.98. The van der Waals surface area contributed by atoms with E-state index in [1.54, 1.807) is 0 Å². The third kappa shape index (κ3) is 4.22. The molecule has 0 aromatic carbocycles. The fraction of sp³-hybridized carbons (Fsp3) is 0.818. The van der Waals surface area contributed by atoms with Crippen molar-refractivity contribution in [2.75, 3.05) is 19.7 Å². The maximum Gasteiger partial charge on any atom is 0.410 e. The van der Waals surface area contributed by atoms with Crippen LogP contribution in [0.1, 0.15) is 26.7 Å². The Balaban J connectivity index is 0.000000317. The normalized spacial score (nSPS) is 24.9. The molecule has 0 aromatic rings. The Labute approximate surface area is 101 Å². The Bertz CT molecular complexity index is 273. The van der Waals surface area contributed by atoms with Crippen molar-refractivity contribution in [2.45, 2.75) is 38.8 Å². The average molecular weight is 244 g/mol. The van der Waals surface area contributed by atoms with Gasteiger partial charge >= 0.3 is 6.09 Å². The number of nitrogens with one attached hydrogen (secondary N) is 1. The van der Waals surface area contributed by atoms with Crippen LogP contribution >= 0.6 is 0 Å². The van der Waals surface area contributed by atoms with Gasteiger partial charge in [-0.15, -0.1) is 0 Å². The third-order valence-electron chi connectivity index (χ3n) is 2.84. The smallest absolute Gasteiger partial charge is 0.410 e. The van der Waals surface area contributed by atoms with E-state index in [2.05, 4.69) is 5.32 Å². The number of nitrogens with zero attached hydrogens (tertiary/aromatic N) is 1. The van der Waals surface area contributed by atoms with Crippen molar-refractivity contribution in [3.63, 3.8) is 0 Å². The van der Waals surface area contributed by atoms with Gasteiger partial charge in [-0.2, -0.15) is 0 Å². The summed E-state index contributed by atoms with van der Waals surface area (Å²) in [6.45, 7) is 5.72. The summed E-state index contributed by atoms with van der Waals surface area (Å²) in [7, 11) is 0. The Morgan fingerprint density at radius 1 is 1.47 bits per heavy atom. The van der Waals surface area contributed by atoms with E-state index in [4.69, 9.17) is 14.6 Å². The monoisotopic (exact) mass is 244 g/mol. The zero-order valence-electron chi connectivity index (χ0n) is 10.3. The lowest BCUT2D eigenvalue weighted by atomic mass is 10.0. The van der Waals surface area contributed by atoms with Gasteiger partial charge in [0.25, 0.3) is 5.97 Å². The van der Waals surface area contributed by atoms with Crippen LogP contribution in [0, 0.1) is 0 Å². The molecule has 2 N–H and O–H groups in total. The highest BCUT2D eigenvalue weighted by molar-refractivity contribution is 5.70. The molecule has 98 valence electrons. The summed E-state index contributed by atoms with van der Waals surface area (Å²) in [5, 5.41) is 10.7. The summed E-state index contributed by atoms with van der Waals surface area (Å²) in [5.74, 6) is -0.833. The van der Waals surface area contributed by atoms with Crippen molar-refractivity contribution in [2.24, 2.45) is 0 Å². The van der Waals surface area contributed by atoms with Crippen LogP contribution in [0.25, 0.3) is 0 Å². The number of carboxylic acids is 1. The minimum absolute atomic E-state index is 0.126. The molecule has 0 radical (unpaired) electrons. The largest absolute Gasteiger partial charge is 0.481 e. The first-order valence-corrected chi connectivity index (χ1v) is 5.87. The van der Waals surface area contributed by atoms with Crippen molar-refractivity contribution in [1.82, 2.24) is 10.2 Å². The summed E-state index contributed by atoms with van der Waals surface area (Å²) < 4.78 is 5.00. The molecule has 0 bridgehead atoms. The lowest BCUT2D eigenvalue weighted by molar-refractivity contribution is -0.134. The first kappa shape index (κ1) is 13.8. The molecule has 2 rings (SSSR count). The van der Waals surface area contributed by atoms with Gasteiger partial charge in [0.2, 0.25) is 0 Å². The third-order valence-corrected chi connectivity index (χ3v) is 2.84. The zero-order chi connectivity index (χ0) is 12.8. The predicted octanol–water partition coefficient (Wildman–Crippen LogP) is 0.670. The Kier molecular flexibility index (Phi) is 5.21. The number of carbonyl (C=O) groups is 2. The number of piperidine rings is 1. The molecule has 0 saturated carbocycles. The van der Waals surface area contributed by atoms with Gasteiger partial charge in [0.1, 0.15) is 6.61 Å². The molecular formula is C11H20N2O4. The van der Waals surface area contributed by atoms with Crippen LogP contribution in [0.3, 0.4) is 0 Å². The molecule has 0 aromatic heterocycles. The first-order chi connectivity index (χ1) is 8.02. The lowest BCUT2D eigenvalue weighted by Crippen LogP contribution is -2.46. The van der Waals surface area contributed by atoms with Gasteiger partial charge in [-0.05, 0) is 32.9 Å². The number of hydrogen-bond donors (Lipinski definition) is 2. The molecule has 2 heterocycles. The minimum atomic E-state index is -0.833. The van der Waals surface area contributed by atoms with Crippen LogP contribution < -0.4 is 5.32 Å². The van der Waals surface area contributed by atoms with Crippen molar-refractivity contribution >= 4 is 12.1 Å². The Morgan fingerprint density at radius 3 is 2.41 bits per heavy atom. The molecule has 2 fully saturated rings. The summed E-state index contributed by atoms with van der Waals surface area (Å²) in [5.41, 5.74) is 0. The van der Waals surface area contributed by atoms with E-state index < -0.39 is 5.97 Å². The quantitative estimate of drug-likeness (QED) is 0.708. The molecule has 17 heavy (non-hydrogen) atoms. The number of hydrogen-bond acceptors (Lipinski definition) is 4. The van der Waals surface area contributed by atoms with Gasteiger partial charge < -0.3 is 15.2 Å². The van der Waals surface area contributed by atoms with Crippen molar-refractivity contribution < 1.29 is 19.4 Å². The van der Waals surface area contributed by atoms with E-state index in [9.17, 15) is 4.79 Å². The molecule has 2 aliphatic heterocycles. The van der Waals surface area contributed by atoms with Crippen LogP contribution in [0.2, 0.25) is 0 Å². The number of ether oxygens (including phenoxy) is 1. The second-order valence-electron chi connectivity index (χ2n) is 4.33. The van der Waals surface area contributed by atoms with Crippen LogP contribution in [0.5, 0.6) is 0 Å². The highest BCUT2D eigenvalue weighted by Gasteiger charge is 2.35. The summed E-state index contributed by atoms with van der Waals surface area (Å²) >= 11 is 0. The van der Waals surface area contributed by atoms with E-state index >= 15 is 0 Å². The molecule has 2 aliphatic rings. The topological polar surface area (TPSA) is 78.9 Å². The minimum Gasteiger partial charge on any atom is -0.481 e. The second-order valence-corrected chi connectivity index (χ2v) is 4.33. The molecule has 0 aliphatic carbocycles. The highest BCUT2D eigenvalue weighted by Crippen LogP contribution is 2.20. The van der Waals surface area contributed by atoms with E-state index in [1.807, 2.05) is 11.8 Å². The standard InChI is InChI=1S/C9H16N2O2.C2H4O2/c1-7-6-13-9(12)11(7)8-2-4-10-5-3-8;1-2(3)4/h7-8,10H,2-6H2,1H3;1H3,(H,3,4)/t7-;/m1./s1. The Morgan fingerprint density at radius 2 is 2.00 bits per heavy atom. The molecule has 6 heteroatoms. The van der Waals surface area contributed by atoms with E-state index in [0.29, 0.717) is 12.6 Å². The first-order valence-electron chi connectivity index (χ1n) is 5.87. The number of rotatable bonds is 1. The maximum absolute atomic E-state index is 11.4. The summed E-state index contributed by atoms with van der Waals surface area (Å²) in [4.78, 5) is 22.3. The average Bonchev–Trinajstić information content (AvgIpc) is 2.59. The highest BCUT2D eigenvalue weighted by atomic mass is 16.6. The van der Waals surface area contributed by atoms with E-state index in [0.717, 1.165) is 32.9 Å². The Hall–Kier alpha value is -1.30. The van der Waals surface area contributed by atoms with Crippen LogP contribution in [-0.4, -0.2) is 53.8 Å². The van der Waals surface area contributed by atoms with Gasteiger partial charge in [-0.25, -0.2) is 4.79 Å². The van der Waals surface area contributed by atoms with Crippen LogP contribution in [0.4, 0.5) is 4.79 Å². The number of cyclic esters (lactones) is 1. The second kappa shape index (κ2) is 6.44. The van der Waals surface area contributed by atoms with Crippen LogP contribution in [-0.2, 0) is 9.53 Å². The molecule has 6 nitrogen and oxygen atoms in total. The van der Waals surface area contributed by atoms with Crippen LogP contribution in [0.15, 0.2) is 0 Å².